The van der Waals surface area contributed by atoms with E-state index >= 15 is 0 Å². The molecule has 1 aliphatic rings. The quantitative estimate of drug-likeness (QED) is 0.686. The Morgan fingerprint density at radius 1 is 1.25 bits per heavy atom. The van der Waals surface area contributed by atoms with Gasteiger partial charge in [-0.3, -0.25) is 4.90 Å². The summed E-state index contributed by atoms with van der Waals surface area (Å²) in [7, 11) is -3.51. The van der Waals surface area contributed by atoms with Gasteiger partial charge in [-0.15, -0.1) is 0 Å². The first-order valence-corrected chi connectivity index (χ1v) is 9.91. The van der Waals surface area contributed by atoms with E-state index in [1.165, 1.54) is 6.92 Å². The first-order chi connectivity index (χ1) is 11.4. The molecule has 0 atom stereocenters. The van der Waals surface area contributed by atoms with Crippen LogP contribution in [0.4, 0.5) is 0 Å². The van der Waals surface area contributed by atoms with Crippen LogP contribution in [0.15, 0.2) is 29.2 Å². The second-order valence-corrected chi connectivity index (χ2v) is 8.23. The maximum absolute atomic E-state index is 12.2. The fourth-order valence-electron chi connectivity index (χ4n) is 2.77. The second kappa shape index (κ2) is 8.71. The minimum Gasteiger partial charge on any atom is -0.328 e. The Morgan fingerprint density at radius 3 is 2.46 bits per heavy atom. The summed E-state index contributed by atoms with van der Waals surface area (Å²) in [4.78, 5) is 13.5. The van der Waals surface area contributed by atoms with Crippen LogP contribution in [-0.4, -0.2) is 44.8 Å². The summed E-state index contributed by atoms with van der Waals surface area (Å²) in [6, 6.07) is 7.30. The zero-order valence-corrected chi connectivity index (χ0v) is 15.0. The average Bonchev–Trinajstić information content (AvgIpc) is 2.54. The summed E-state index contributed by atoms with van der Waals surface area (Å²) in [5.41, 5.74) is 7.00. The SMILES string of the molecule is CC(=O)CCCNS(=O)(=O)c1ccc(CN2CCC(N)CC2)cc1. The van der Waals surface area contributed by atoms with Crippen molar-refractivity contribution in [1.29, 1.82) is 0 Å². The number of nitrogens with two attached hydrogens (primary N) is 1. The van der Waals surface area contributed by atoms with Gasteiger partial charge in [-0.25, -0.2) is 13.1 Å². The molecular formula is C17H27N3O3S. The molecule has 1 heterocycles. The van der Waals surface area contributed by atoms with Gasteiger partial charge in [0.2, 0.25) is 10.0 Å². The van der Waals surface area contributed by atoms with Gasteiger partial charge in [0.25, 0.3) is 0 Å². The van der Waals surface area contributed by atoms with Gasteiger partial charge < -0.3 is 10.5 Å². The highest BCUT2D eigenvalue weighted by atomic mass is 32.2. The fourth-order valence-corrected chi connectivity index (χ4v) is 3.84. The van der Waals surface area contributed by atoms with Crippen molar-refractivity contribution in [2.45, 2.75) is 50.1 Å². The minimum absolute atomic E-state index is 0.0669. The molecule has 0 spiro atoms. The van der Waals surface area contributed by atoms with Gasteiger partial charge in [-0.1, -0.05) is 12.1 Å². The van der Waals surface area contributed by atoms with E-state index in [2.05, 4.69) is 9.62 Å². The lowest BCUT2D eigenvalue weighted by molar-refractivity contribution is -0.117. The van der Waals surface area contributed by atoms with Crippen molar-refractivity contribution >= 4 is 15.8 Å². The summed E-state index contributed by atoms with van der Waals surface area (Å²) >= 11 is 0. The number of likely N-dealkylation sites (tertiary alicyclic amines) is 1. The first kappa shape index (κ1) is 19.1. The van der Waals surface area contributed by atoms with Crippen LogP contribution in [0, 0.1) is 0 Å². The van der Waals surface area contributed by atoms with Gasteiger partial charge in [-0.05, 0) is 57.0 Å². The number of carbonyl (C=O) groups excluding carboxylic acids is 1. The molecule has 0 amide bonds. The number of nitrogens with one attached hydrogen (secondary N) is 1. The lowest BCUT2D eigenvalue weighted by Gasteiger charge is -2.30. The molecule has 1 saturated heterocycles. The number of sulfonamides is 1. The Kier molecular flexibility index (Phi) is 6.91. The maximum Gasteiger partial charge on any atom is 0.240 e. The van der Waals surface area contributed by atoms with E-state index in [1.807, 2.05) is 12.1 Å². The molecule has 1 aromatic rings. The standard InChI is InChI=1S/C17H27N3O3S/c1-14(21)3-2-10-19-24(22,23)17-6-4-15(5-7-17)13-20-11-8-16(18)9-12-20/h4-7,16,19H,2-3,8-13,18H2,1H3. The molecule has 3 N–H and O–H groups in total. The van der Waals surface area contributed by atoms with Crippen LogP contribution in [0.5, 0.6) is 0 Å². The van der Waals surface area contributed by atoms with Crippen LogP contribution in [0.2, 0.25) is 0 Å². The largest absolute Gasteiger partial charge is 0.328 e. The molecule has 0 radical (unpaired) electrons. The van der Waals surface area contributed by atoms with Crippen LogP contribution in [0.1, 0.15) is 38.2 Å². The molecule has 7 heteroatoms. The third-order valence-corrected chi connectivity index (χ3v) is 5.75. The van der Waals surface area contributed by atoms with E-state index in [0.717, 1.165) is 38.0 Å². The zero-order chi connectivity index (χ0) is 17.6. The van der Waals surface area contributed by atoms with Crippen LogP contribution in [0.3, 0.4) is 0 Å². The molecular weight excluding hydrogens is 326 g/mol. The highest BCUT2D eigenvalue weighted by Crippen LogP contribution is 2.15. The molecule has 1 aliphatic heterocycles. The zero-order valence-electron chi connectivity index (χ0n) is 14.2. The Balaban J connectivity index is 1.87. The Labute approximate surface area is 144 Å². The van der Waals surface area contributed by atoms with Crippen molar-refractivity contribution in [3.05, 3.63) is 29.8 Å². The lowest BCUT2D eigenvalue weighted by atomic mass is 10.1. The normalized spacial score (nSPS) is 17.1. The molecule has 0 saturated carbocycles. The van der Waals surface area contributed by atoms with Crippen LogP contribution < -0.4 is 10.5 Å². The van der Waals surface area contributed by atoms with Gasteiger partial charge in [0.1, 0.15) is 5.78 Å². The van der Waals surface area contributed by atoms with Gasteiger partial charge in [0.15, 0.2) is 0 Å². The third-order valence-electron chi connectivity index (χ3n) is 4.27. The number of hydrogen-bond acceptors (Lipinski definition) is 5. The number of ketones is 1. The summed E-state index contributed by atoms with van der Waals surface area (Å²) in [5, 5.41) is 0. The van der Waals surface area contributed by atoms with Gasteiger partial charge in [0.05, 0.1) is 4.90 Å². The molecule has 1 fully saturated rings. The van der Waals surface area contributed by atoms with Gasteiger partial charge in [0, 0.05) is 25.6 Å². The Bertz CT molecular complexity index is 636. The molecule has 0 aromatic heterocycles. The van der Waals surface area contributed by atoms with E-state index in [9.17, 15) is 13.2 Å². The molecule has 0 aliphatic carbocycles. The number of hydrogen-bond donors (Lipinski definition) is 2. The smallest absolute Gasteiger partial charge is 0.240 e. The number of nitrogens with zero attached hydrogens (tertiary/aromatic N) is 1. The minimum atomic E-state index is -3.51. The Hall–Kier alpha value is -1.28. The van der Waals surface area contributed by atoms with E-state index in [4.69, 9.17) is 5.73 Å². The molecule has 1 aromatic carbocycles. The topological polar surface area (TPSA) is 92.5 Å². The number of rotatable bonds is 8. The van der Waals surface area contributed by atoms with E-state index in [1.54, 1.807) is 12.1 Å². The molecule has 6 nitrogen and oxygen atoms in total. The van der Waals surface area contributed by atoms with Crippen molar-refractivity contribution in [2.24, 2.45) is 5.73 Å². The summed E-state index contributed by atoms with van der Waals surface area (Å²) in [5.74, 6) is 0.0669. The van der Waals surface area contributed by atoms with Crippen molar-refractivity contribution in [1.82, 2.24) is 9.62 Å². The first-order valence-electron chi connectivity index (χ1n) is 8.43. The number of benzene rings is 1. The molecule has 0 unspecified atom stereocenters. The summed E-state index contributed by atoms with van der Waals surface area (Å²) < 4.78 is 26.9. The van der Waals surface area contributed by atoms with Gasteiger partial charge >= 0.3 is 0 Å². The van der Waals surface area contributed by atoms with Crippen LogP contribution in [-0.2, 0) is 21.4 Å². The van der Waals surface area contributed by atoms with E-state index in [0.29, 0.717) is 18.9 Å². The van der Waals surface area contributed by atoms with Crippen LogP contribution >= 0.6 is 0 Å². The highest BCUT2D eigenvalue weighted by Gasteiger charge is 2.17. The molecule has 24 heavy (non-hydrogen) atoms. The average molecular weight is 353 g/mol. The molecule has 2 rings (SSSR count). The van der Waals surface area contributed by atoms with Crippen molar-refractivity contribution < 1.29 is 13.2 Å². The molecule has 0 bridgehead atoms. The maximum atomic E-state index is 12.2. The van der Waals surface area contributed by atoms with Crippen molar-refractivity contribution in [3.8, 4) is 0 Å². The predicted molar refractivity (Wildman–Crippen MR) is 94.0 cm³/mol. The van der Waals surface area contributed by atoms with Crippen molar-refractivity contribution in [3.63, 3.8) is 0 Å². The number of carbonyl (C=O) groups is 1. The Morgan fingerprint density at radius 2 is 1.88 bits per heavy atom. The monoisotopic (exact) mass is 353 g/mol. The molecule has 134 valence electrons. The van der Waals surface area contributed by atoms with Gasteiger partial charge in [-0.2, -0.15) is 0 Å². The van der Waals surface area contributed by atoms with E-state index < -0.39 is 10.0 Å². The van der Waals surface area contributed by atoms with E-state index in [-0.39, 0.29) is 17.2 Å². The lowest BCUT2D eigenvalue weighted by Crippen LogP contribution is -2.39. The number of piperidine rings is 1. The fraction of sp³-hybridized carbons (Fsp3) is 0.588. The summed E-state index contributed by atoms with van der Waals surface area (Å²) in [6.07, 6.45) is 2.93. The highest BCUT2D eigenvalue weighted by molar-refractivity contribution is 7.89. The third kappa shape index (κ3) is 5.98. The van der Waals surface area contributed by atoms with Crippen molar-refractivity contribution in [2.75, 3.05) is 19.6 Å². The predicted octanol–water partition coefficient (Wildman–Crippen LogP) is 1.26. The summed E-state index contributed by atoms with van der Waals surface area (Å²) in [6.45, 7) is 4.57. The second-order valence-electron chi connectivity index (χ2n) is 6.46. The number of Topliss-reactive ketones (excluding diaryl/α,β-unsaturated/α-hetero) is 1. The van der Waals surface area contributed by atoms with Crippen LogP contribution in [0.25, 0.3) is 0 Å².